The molecule has 0 unspecified atom stereocenters. The molecule has 0 aliphatic carbocycles. The molecule has 2 aromatic carbocycles. The van der Waals surface area contributed by atoms with Crippen molar-refractivity contribution in [3.8, 4) is 5.75 Å². The van der Waals surface area contributed by atoms with Crippen LogP contribution in [-0.2, 0) is 11.2 Å². The van der Waals surface area contributed by atoms with Crippen molar-refractivity contribution in [2.45, 2.75) is 39.7 Å². The number of hydrogen-bond donors (Lipinski definition) is 2. The fraction of sp³-hybridized carbons (Fsp3) is 0.333. The summed E-state index contributed by atoms with van der Waals surface area (Å²) in [6, 6.07) is 13.4. The van der Waals surface area contributed by atoms with Crippen LogP contribution >= 0.6 is 0 Å². The lowest BCUT2D eigenvalue weighted by atomic mass is 9.98. The number of hydrogen-bond acceptors (Lipinski definition) is 5. The van der Waals surface area contributed by atoms with E-state index in [1.807, 2.05) is 50.2 Å². The second-order valence-electron chi connectivity index (χ2n) is 7.42. The first kappa shape index (κ1) is 21.6. The Bertz CT molecular complexity index is 1090. The largest absolute Gasteiger partial charge is 0.480 e. The van der Waals surface area contributed by atoms with E-state index >= 15 is 0 Å². The number of rotatable bonds is 8. The van der Waals surface area contributed by atoms with Crippen LogP contribution in [0, 0.1) is 13.8 Å². The number of nitrogens with one attached hydrogen (secondary N) is 1. The van der Waals surface area contributed by atoms with Gasteiger partial charge in [-0.15, -0.1) is 0 Å². The molecule has 158 valence electrons. The van der Waals surface area contributed by atoms with Gasteiger partial charge >= 0.3 is 5.63 Å². The van der Waals surface area contributed by atoms with Gasteiger partial charge in [0.2, 0.25) is 0 Å². The molecule has 1 aromatic heterocycles. The molecule has 0 bridgehead atoms. The highest BCUT2D eigenvalue weighted by molar-refractivity contribution is 5.89. The van der Waals surface area contributed by atoms with E-state index in [0.29, 0.717) is 41.7 Å². The molecule has 30 heavy (non-hydrogen) atoms. The predicted octanol–water partition coefficient (Wildman–Crippen LogP) is 3.27. The molecular formula is C24H27NO5. The molecule has 6 nitrogen and oxygen atoms in total. The molecule has 1 amide bonds. The van der Waals surface area contributed by atoms with E-state index in [4.69, 9.17) is 14.3 Å². The van der Waals surface area contributed by atoms with E-state index in [1.54, 1.807) is 13.0 Å². The summed E-state index contributed by atoms with van der Waals surface area (Å²) in [6.07, 6.45) is 0.201. The second-order valence-corrected chi connectivity index (χ2v) is 7.42. The third kappa shape index (κ3) is 4.89. The molecule has 0 fully saturated rings. The smallest absolute Gasteiger partial charge is 0.340 e. The number of aliphatic hydroxyl groups is 1. The van der Waals surface area contributed by atoms with E-state index in [2.05, 4.69) is 5.32 Å². The number of aryl methyl sites for hydroxylation is 2. The fourth-order valence-electron chi connectivity index (χ4n) is 3.41. The monoisotopic (exact) mass is 409 g/mol. The Morgan fingerprint density at radius 1 is 1.20 bits per heavy atom. The molecule has 0 saturated heterocycles. The molecular weight excluding hydrogens is 382 g/mol. The van der Waals surface area contributed by atoms with Crippen molar-refractivity contribution in [3.05, 3.63) is 75.1 Å². The quantitative estimate of drug-likeness (QED) is 0.440. The number of fused-ring (bicyclic) bond motifs is 1. The highest BCUT2D eigenvalue weighted by Crippen LogP contribution is 2.32. The van der Waals surface area contributed by atoms with Crippen LogP contribution in [0.5, 0.6) is 5.75 Å². The molecule has 3 rings (SSSR count). The van der Waals surface area contributed by atoms with E-state index in [1.165, 1.54) is 0 Å². The Morgan fingerprint density at radius 3 is 2.63 bits per heavy atom. The lowest BCUT2D eigenvalue weighted by Gasteiger charge is -2.18. The van der Waals surface area contributed by atoms with Gasteiger partial charge in [-0.3, -0.25) is 4.79 Å². The van der Waals surface area contributed by atoms with Crippen LogP contribution in [0.15, 0.2) is 51.7 Å². The number of aliphatic hydroxyl groups excluding tert-OH is 1. The summed E-state index contributed by atoms with van der Waals surface area (Å²) >= 11 is 0. The van der Waals surface area contributed by atoms with Gasteiger partial charge in [-0.25, -0.2) is 4.79 Å². The van der Waals surface area contributed by atoms with Gasteiger partial charge in [0, 0.05) is 25.1 Å². The van der Waals surface area contributed by atoms with Crippen molar-refractivity contribution in [2.75, 3.05) is 13.2 Å². The zero-order valence-corrected chi connectivity index (χ0v) is 17.5. The molecule has 1 heterocycles. The Hall–Kier alpha value is -3.12. The molecule has 2 N–H and O–H groups in total. The van der Waals surface area contributed by atoms with Crippen molar-refractivity contribution < 1.29 is 19.1 Å². The number of carbonyl (C=O) groups excluding carboxylic acids is 1. The summed E-state index contributed by atoms with van der Waals surface area (Å²) in [5.74, 6) is 0.239. The highest BCUT2D eigenvalue weighted by atomic mass is 16.5. The maximum Gasteiger partial charge on any atom is 0.340 e. The van der Waals surface area contributed by atoms with Gasteiger partial charge in [-0.05, 0) is 56.0 Å². The first-order valence-electron chi connectivity index (χ1n) is 10.1. The third-order valence-electron chi connectivity index (χ3n) is 5.02. The van der Waals surface area contributed by atoms with Gasteiger partial charge in [-0.2, -0.15) is 0 Å². The topological polar surface area (TPSA) is 88.8 Å². The second kappa shape index (κ2) is 9.59. The molecule has 0 radical (unpaired) electrons. The van der Waals surface area contributed by atoms with Gasteiger partial charge in [0.1, 0.15) is 11.3 Å². The van der Waals surface area contributed by atoms with Gasteiger partial charge in [-0.1, -0.05) is 30.3 Å². The van der Waals surface area contributed by atoms with Gasteiger partial charge in [0.15, 0.2) is 6.10 Å². The molecule has 0 aliphatic rings. The number of carbonyl (C=O) groups is 1. The Morgan fingerprint density at radius 2 is 1.93 bits per heavy atom. The first-order chi connectivity index (χ1) is 14.4. The normalized spacial score (nSPS) is 12.0. The summed E-state index contributed by atoms with van der Waals surface area (Å²) in [6.45, 7) is 5.83. The molecule has 0 saturated carbocycles. The van der Waals surface area contributed by atoms with Gasteiger partial charge in [0.25, 0.3) is 5.91 Å². The summed E-state index contributed by atoms with van der Waals surface area (Å²) in [5, 5.41) is 12.3. The SMILES string of the molecule is Cc1cc(O[C@@H](C)C(=O)NCCCO)c2c(C)c(Cc3ccccc3)c(=O)oc2c1. The standard InChI is InChI=1S/C24H27NO5/c1-15-12-20(29-17(3)23(27)25-10-7-11-26)22-16(2)19(24(28)30-21(22)13-15)14-18-8-5-4-6-9-18/h4-6,8-9,12-13,17,26H,7,10-11,14H2,1-3H3,(H,25,27)/t17-/m0/s1. The Balaban J connectivity index is 1.99. The van der Waals surface area contributed by atoms with Crippen LogP contribution < -0.4 is 15.7 Å². The van der Waals surface area contributed by atoms with E-state index in [9.17, 15) is 9.59 Å². The minimum absolute atomic E-state index is 0.0143. The average molecular weight is 409 g/mol. The van der Waals surface area contributed by atoms with Crippen LogP contribution in [0.1, 0.15) is 35.6 Å². The zero-order valence-electron chi connectivity index (χ0n) is 17.5. The molecule has 1 atom stereocenters. The van der Waals surface area contributed by atoms with Crippen LogP contribution in [-0.4, -0.2) is 30.3 Å². The Kier molecular flexibility index (Phi) is 6.90. The van der Waals surface area contributed by atoms with Crippen molar-refractivity contribution in [1.82, 2.24) is 5.32 Å². The maximum absolute atomic E-state index is 12.7. The summed E-state index contributed by atoms with van der Waals surface area (Å²) in [5.41, 5.74) is 3.31. The van der Waals surface area contributed by atoms with Crippen molar-refractivity contribution >= 4 is 16.9 Å². The van der Waals surface area contributed by atoms with Gasteiger partial charge in [0.05, 0.1) is 5.39 Å². The lowest BCUT2D eigenvalue weighted by Crippen LogP contribution is -2.37. The zero-order chi connectivity index (χ0) is 21.7. The number of benzene rings is 2. The third-order valence-corrected chi connectivity index (χ3v) is 5.02. The fourth-order valence-corrected chi connectivity index (χ4v) is 3.41. The van der Waals surface area contributed by atoms with Crippen LogP contribution in [0.25, 0.3) is 11.0 Å². The van der Waals surface area contributed by atoms with E-state index in [-0.39, 0.29) is 18.1 Å². The van der Waals surface area contributed by atoms with E-state index < -0.39 is 6.10 Å². The summed E-state index contributed by atoms with van der Waals surface area (Å²) < 4.78 is 11.6. The van der Waals surface area contributed by atoms with E-state index in [0.717, 1.165) is 16.7 Å². The molecule has 3 aromatic rings. The Labute approximate surface area is 175 Å². The number of amides is 1. The predicted molar refractivity (Wildman–Crippen MR) is 116 cm³/mol. The number of ether oxygens (including phenoxy) is 1. The maximum atomic E-state index is 12.7. The summed E-state index contributed by atoms with van der Waals surface area (Å²) in [4.78, 5) is 25.0. The van der Waals surface area contributed by atoms with Crippen molar-refractivity contribution in [1.29, 1.82) is 0 Å². The molecule has 0 spiro atoms. The van der Waals surface area contributed by atoms with Crippen molar-refractivity contribution in [2.24, 2.45) is 0 Å². The van der Waals surface area contributed by atoms with Crippen LogP contribution in [0.3, 0.4) is 0 Å². The first-order valence-corrected chi connectivity index (χ1v) is 10.1. The average Bonchev–Trinajstić information content (AvgIpc) is 2.71. The van der Waals surface area contributed by atoms with Crippen LogP contribution in [0.4, 0.5) is 0 Å². The lowest BCUT2D eigenvalue weighted by molar-refractivity contribution is -0.127. The minimum atomic E-state index is -0.738. The highest BCUT2D eigenvalue weighted by Gasteiger charge is 2.20. The van der Waals surface area contributed by atoms with Gasteiger partial charge < -0.3 is 19.6 Å². The van der Waals surface area contributed by atoms with Crippen LogP contribution in [0.2, 0.25) is 0 Å². The van der Waals surface area contributed by atoms with Crippen molar-refractivity contribution in [3.63, 3.8) is 0 Å². The summed E-state index contributed by atoms with van der Waals surface area (Å²) in [7, 11) is 0. The molecule has 6 heteroatoms. The molecule has 0 aliphatic heterocycles. The minimum Gasteiger partial charge on any atom is -0.480 e.